The smallest absolute Gasteiger partial charge is 0.355 e. The molecule has 2 unspecified atom stereocenters. The number of pyridine rings is 1. The van der Waals surface area contributed by atoms with Gasteiger partial charge in [-0.05, 0) is 125 Å². The van der Waals surface area contributed by atoms with Crippen molar-refractivity contribution in [1.29, 1.82) is 0 Å². The summed E-state index contributed by atoms with van der Waals surface area (Å²) in [6, 6.07) is 10.1. The number of fused-ring (bicyclic) bond motifs is 2. The zero-order valence-corrected chi connectivity index (χ0v) is 33.6. The van der Waals surface area contributed by atoms with Gasteiger partial charge in [-0.1, -0.05) is 31.3 Å². The molecule has 0 spiro atoms. The first-order valence-electron chi connectivity index (χ1n) is 19.6. The minimum atomic E-state index is -1.07. The van der Waals surface area contributed by atoms with Crippen molar-refractivity contribution in [2.45, 2.75) is 98.1 Å². The lowest BCUT2D eigenvalue weighted by atomic mass is 9.39. The van der Waals surface area contributed by atoms with Crippen LogP contribution in [0.2, 0.25) is 0 Å². The molecule has 4 aromatic heterocycles. The highest BCUT2D eigenvalue weighted by molar-refractivity contribution is 7.22. The van der Waals surface area contributed by atoms with Crippen molar-refractivity contribution in [2.75, 3.05) is 37.0 Å². The van der Waals surface area contributed by atoms with Gasteiger partial charge >= 0.3 is 5.97 Å². The molecular weight excluding hydrogens is 711 g/mol. The number of nitrogens with zero attached hydrogens (tertiary/aromatic N) is 7. The summed E-state index contributed by atoms with van der Waals surface area (Å²) in [6.07, 6.45) is 10.4. The molecule has 0 radical (unpaired) electrons. The standard InChI is InChI=1S/C42H51N9O3S/c1-25-9-11-32-31(16-25)45-38(55-32)47-35-26(2)28-8-7-14-50(36(28)49-48-35)33-12-10-29(34(46-33)37(52)53)30-17-44-51(27(30)3)24-41-19-39(4)18-40(5,20-41)22-42(21-39,23-41)54-15-13-43-6/h9-12,16-17,43H,7-8,13-15,18-24H2,1-6H3,(H,52,53)(H,45,47,48). The molecule has 5 aromatic rings. The Bertz CT molecular complexity index is 2320. The number of carboxylic acid groups (broad SMARTS) is 1. The number of aromatic carboxylic acids is 1. The number of aryl methyl sites for hydroxylation is 1. The van der Waals surface area contributed by atoms with Gasteiger partial charge in [-0.3, -0.25) is 4.68 Å². The van der Waals surface area contributed by atoms with Crippen LogP contribution >= 0.6 is 11.3 Å². The highest BCUT2D eigenvalue weighted by Crippen LogP contribution is 2.72. The van der Waals surface area contributed by atoms with E-state index in [9.17, 15) is 9.90 Å². The Morgan fingerprint density at radius 1 is 0.982 bits per heavy atom. The molecule has 2 atom stereocenters. The normalized spacial score (nSPS) is 26.8. The first-order chi connectivity index (χ1) is 26.3. The van der Waals surface area contributed by atoms with Gasteiger partial charge in [-0.2, -0.15) is 5.10 Å². The zero-order chi connectivity index (χ0) is 38.3. The molecule has 5 aliphatic rings. The maximum Gasteiger partial charge on any atom is 0.355 e. The number of hydrogen-bond donors (Lipinski definition) is 3. The lowest BCUT2D eigenvalue weighted by Crippen LogP contribution is -2.64. The number of nitrogens with one attached hydrogen (secondary N) is 2. The Labute approximate surface area is 326 Å². The highest BCUT2D eigenvalue weighted by Gasteiger charge is 2.66. The van der Waals surface area contributed by atoms with Gasteiger partial charge in [0.15, 0.2) is 22.5 Å². The quantitative estimate of drug-likeness (QED) is 0.112. The van der Waals surface area contributed by atoms with Crippen molar-refractivity contribution in [3.05, 3.63) is 64.6 Å². The molecule has 13 heteroatoms. The van der Waals surface area contributed by atoms with Gasteiger partial charge < -0.3 is 25.4 Å². The van der Waals surface area contributed by atoms with E-state index in [1.807, 2.05) is 30.3 Å². The maximum absolute atomic E-state index is 12.9. The van der Waals surface area contributed by atoms with Gasteiger partial charge in [-0.25, -0.2) is 14.8 Å². The monoisotopic (exact) mass is 761 g/mol. The van der Waals surface area contributed by atoms with Crippen LogP contribution in [0.3, 0.4) is 0 Å². The van der Waals surface area contributed by atoms with E-state index >= 15 is 0 Å². The molecule has 55 heavy (non-hydrogen) atoms. The predicted octanol–water partition coefficient (Wildman–Crippen LogP) is 8.15. The van der Waals surface area contributed by atoms with E-state index in [1.165, 1.54) is 12.0 Å². The Balaban J connectivity index is 0.987. The van der Waals surface area contributed by atoms with E-state index < -0.39 is 5.97 Å². The largest absolute Gasteiger partial charge is 0.476 e. The minimum Gasteiger partial charge on any atom is -0.476 e. The van der Waals surface area contributed by atoms with E-state index in [2.05, 4.69) is 78.3 Å². The SMILES string of the molecule is CNCCOC12CC3(C)CC(C)(CC(Cn4ncc(-c5ccc(N6CCCc7c6nnc(Nc6nc8cc(C)ccc8s6)c7C)nc5C(=O)O)c4C)(C3)C1)C2. The van der Waals surface area contributed by atoms with E-state index in [-0.39, 0.29) is 27.5 Å². The van der Waals surface area contributed by atoms with Crippen LogP contribution in [-0.4, -0.2) is 73.4 Å². The van der Waals surface area contributed by atoms with Gasteiger partial charge in [0.05, 0.1) is 28.6 Å². The van der Waals surface area contributed by atoms with E-state index in [0.29, 0.717) is 29.6 Å². The van der Waals surface area contributed by atoms with Crippen LogP contribution in [-0.2, 0) is 17.7 Å². The second kappa shape index (κ2) is 13.1. The lowest BCUT2D eigenvalue weighted by molar-refractivity contribution is -0.247. The molecular formula is C42H51N9O3S. The zero-order valence-electron chi connectivity index (χ0n) is 32.8. The highest BCUT2D eigenvalue weighted by atomic mass is 32.1. The summed E-state index contributed by atoms with van der Waals surface area (Å²) in [4.78, 5) is 24.5. The first-order valence-corrected chi connectivity index (χ1v) is 20.4. The number of likely N-dealkylation sites (N-methyl/N-ethyl adjacent to an activating group) is 1. The summed E-state index contributed by atoms with van der Waals surface area (Å²) in [5, 5.41) is 32.2. The number of carboxylic acids is 1. The first kappa shape index (κ1) is 36.2. The molecule has 1 aliphatic heterocycles. The van der Waals surface area contributed by atoms with Crippen LogP contribution < -0.4 is 15.5 Å². The van der Waals surface area contributed by atoms with Crippen molar-refractivity contribution in [3.63, 3.8) is 0 Å². The average molecular weight is 762 g/mol. The van der Waals surface area contributed by atoms with Crippen LogP contribution in [0, 0.1) is 37.0 Å². The van der Waals surface area contributed by atoms with E-state index in [4.69, 9.17) is 19.8 Å². The number of aromatic nitrogens is 6. The van der Waals surface area contributed by atoms with Gasteiger partial charge in [0.1, 0.15) is 5.82 Å². The summed E-state index contributed by atoms with van der Waals surface area (Å²) in [7, 11) is 1.98. The molecule has 4 fully saturated rings. The fraction of sp³-hybridized carbons (Fsp3) is 0.524. The molecule has 4 aliphatic carbocycles. The van der Waals surface area contributed by atoms with Crippen LogP contribution in [0.1, 0.15) is 91.7 Å². The molecule has 4 saturated carbocycles. The Kier molecular flexibility index (Phi) is 8.59. The minimum absolute atomic E-state index is 0.00743. The van der Waals surface area contributed by atoms with Gasteiger partial charge in [-0.15, -0.1) is 10.2 Å². The van der Waals surface area contributed by atoms with Gasteiger partial charge in [0, 0.05) is 47.6 Å². The van der Waals surface area contributed by atoms with Gasteiger partial charge in [0.2, 0.25) is 0 Å². The molecule has 288 valence electrons. The average Bonchev–Trinajstić information content (AvgIpc) is 3.68. The van der Waals surface area contributed by atoms with Crippen molar-refractivity contribution in [1.82, 2.24) is 35.3 Å². The van der Waals surface area contributed by atoms with Crippen LogP contribution in [0.15, 0.2) is 36.5 Å². The molecule has 0 amide bonds. The fourth-order valence-electron chi connectivity index (χ4n) is 11.8. The van der Waals surface area contributed by atoms with Crippen molar-refractivity contribution < 1.29 is 14.6 Å². The number of hydrogen-bond acceptors (Lipinski definition) is 11. The number of ether oxygens (including phenoxy) is 1. The van der Waals surface area contributed by atoms with Gasteiger partial charge in [0.25, 0.3) is 0 Å². The summed E-state index contributed by atoms with van der Waals surface area (Å²) < 4.78 is 10.0. The van der Waals surface area contributed by atoms with Crippen molar-refractivity contribution in [3.8, 4) is 11.1 Å². The Morgan fingerprint density at radius 2 is 1.78 bits per heavy atom. The second-order valence-electron chi connectivity index (χ2n) is 17.8. The van der Waals surface area contributed by atoms with Crippen LogP contribution in [0.5, 0.6) is 0 Å². The van der Waals surface area contributed by atoms with Crippen LogP contribution in [0.25, 0.3) is 21.3 Å². The number of rotatable bonds is 11. The third-order valence-corrected chi connectivity index (χ3v) is 13.8. The predicted molar refractivity (Wildman–Crippen MR) is 216 cm³/mol. The number of thiazole rings is 1. The molecule has 12 nitrogen and oxygen atoms in total. The second-order valence-corrected chi connectivity index (χ2v) is 18.9. The summed E-state index contributed by atoms with van der Waals surface area (Å²) in [5.74, 6) is 0.852. The van der Waals surface area contributed by atoms with Crippen molar-refractivity contribution >= 4 is 50.1 Å². The third-order valence-electron chi connectivity index (χ3n) is 12.8. The molecule has 4 bridgehead atoms. The van der Waals surface area contributed by atoms with Crippen molar-refractivity contribution in [2.24, 2.45) is 16.2 Å². The Hall–Kier alpha value is -4.46. The topological polar surface area (TPSA) is 143 Å². The summed E-state index contributed by atoms with van der Waals surface area (Å²) in [5.41, 5.74) is 7.00. The van der Waals surface area contributed by atoms with Crippen LogP contribution in [0.4, 0.5) is 22.6 Å². The van der Waals surface area contributed by atoms with E-state index in [1.54, 1.807) is 11.3 Å². The number of carbonyl (C=O) groups is 1. The molecule has 10 rings (SSSR count). The summed E-state index contributed by atoms with van der Waals surface area (Å²) >= 11 is 1.59. The summed E-state index contributed by atoms with van der Waals surface area (Å²) in [6.45, 7) is 14.1. The molecule has 5 heterocycles. The lowest BCUT2D eigenvalue weighted by Gasteiger charge is -2.69. The third kappa shape index (κ3) is 6.37. The Morgan fingerprint density at radius 3 is 2.55 bits per heavy atom. The molecule has 0 saturated heterocycles. The number of benzene rings is 1. The molecule has 1 aromatic carbocycles. The van der Waals surface area contributed by atoms with E-state index in [0.717, 1.165) is 102 Å². The maximum atomic E-state index is 12.9. The fourth-order valence-corrected chi connectivity index (χ4v) is 12.6. The number of anilines is 4. The molecule has 3 N–H and O–H groups in total.